The number of nitrogens with one attached hydrogen (secondary N) is 2. The molecule has 1 fully saturated rings. The summed E-state index contributed by atoms with van der Waals surface area (Å²) in [6, 6.07) is 13.5. The van der Waals surface area contributed by atoms with Crippen molar-refractivity contribution in [2.75, 3.05) is 17.2 Å². The number of carbonyl (C=O) groups excluding carboxylic acids is 3. The number of aromatic nitrogens is 2. The summed E-state index contributed by atoms with van der Waals surface area (Å²) in [4.78, 5) is 45.1. The molecule has 4 aromatic rings. The molecule has 10 nitrogen and oxygen atoms in total. The summed E-state index contributed by atoms with van der Waals surface area (Å²) in [5.74, 6) is -1.34. The average Bonchev–Trinajstić information content (AvgIpc) is 3.68. The first kappa shape index (κ1) is 26.2. The highest BCUT2D eigenvalue weighted by molar-refractivity contribution is 7.09. The zero-order valence-electron chi connectivity index (χ0n) is 21.5. The van der Waals surface area contributed by atoms with Crippen molar-refractivity contribution in [2.24, 2.45) is 5.73 Å². The van der Waals surface area contributed by atoms with Gasteiger partial charge < -0.3 is 26.5 Å². The molecule has 0 radical (unpaired) electrons. The Hall–Kier alpha value is -4.38. The van der Waals surface area contributed by atoms with Gasteiger partial charge in [-0.3, -0.25) is 19.3 Å². The molecule has 202 valence electrons. The summed E-state index contributed by atoms with van der Waals surface area (Å²) in [5, 5.41) is 3.97. The molecule has 11 heteroatoms. The number of fused-ring (bicyclic) bond motifs is 1. The van der Waals surface area contributed by atoms with Crippen LogP contribution < -0.4 is 26.4 Å². The Balaban J connectivity index is 1.72. The predicted molar refractivity (Wildman–Crippen MR) is 151 cm³/mol. The minimum Gasteiger partial charge on any atom is -0.492 e. The van der Waals surface area contributed by atoms with Gasteiger partial charge in [0.15, 0.2) is 5.69 Å². The number of anilines is 2. The van der Waals surface area contributed by atoms with E-state index in [9.17, 15) is 14.4 Å². The Morgan fingerprint density at radius 3 is 2.59 bits per heavy atom. The molecule has 39 heavy (non-hydrogen) atoms. The summed E-state index contributed by atoms with van der Waals surface area (Å²) < 4.78 is 9.92. The number of H-pyrrole nitrogens is 1. The summed E-state index contributed by atoms with van der Waals surface area (Å²) >= 11 is 0.770. The highest BCUT2D eigenvalue weighted by Crippen LogP contribution is 2.40. The fourth-order valence-corrected chi connectivity index (χ4v) is 5.85. The summed E-state index contributed by atoms with van der Waals surface area (Å²) in [6.45, 7) is 2.19. The Kier molecular flexibility index (Phi) is 7.51. The Morgan fingerprint density at radius 2 is 1.87 bits per heavy atom. The van der Waals surface area contributed by atoms with Gasteiger partial charge in [0.05, 0.1) is 18.0 Å². The van der Waals surface area contributed by atoms with E-state index >= 15 is 0 Å². The maximum Gasteiger partial charge on any atom is 0.273 e. The van der Waals surface area contributed by atoms with Crippen LogP contribution in [0.4, 0.5) is 11.4 Å². The van der Waals surface area contributed by atoms with Crippen molar-refractivity contribution in [3.8, 4) is 5.75 Å². The lowest BCUT2D eigenvalue weighted by atomic mass is 10.0. The van der Waals surface area contributed by atoms with E-state index in [0.717, 1.165) is 48.1 Å². The van der Waals surface area contributed by atoms with Gasteiger partial charge in [-0.2, -0.15) is 4.37 Å². The van der Waals surface area contributed by atoms with Gasteiger partial charge >= 0.3 is 0 Å². The van der Waals surface area contributed by atoms with Crippen LogP contribution in [0.1, 0.15) is 64.4 Å². The first-order valence-electron chi connectivity index (χ1n) is 12.9. The Morgan fingerprint density at radius 1 is 1.15 bits per heavy atom. The van der Waals surface area contributed by atoms with Crippen LogP contribution in [-0.2, 0) is 4.79 Å². The number of ether oxygens (including phenoxy) is 1. The van der Waals surface area contributed by atoms with E-state index in [0.29, 0.717) is 23.6 Å². The molecule has 0 unspecified atom stereocenters. The van der Waals surface area contributed by atoms with Crippen molar-refractivity contribution in [1.82, 2.24) is 14.7 Å². The molecular weight excluding hydrogens is 516 g/mol. The van der Waals surface area contributed by atoms with Gasteiger partial charge in [-0.25, -0.2) is 0 Å². The normalized spacial score (nSPS) is 14.3. The molecule has 1 aliphatic carbocycles. The number of nitrogens with zero attached hydrogens (tertiary/aromatic N) is 2. The number of primary amides is 1. The Bertz CT molecular complexity index is 1520. The van der Waals surface area contributed by atoms with Crippen molar-refractivity contribution in [3.63, 3.8) is 0 Å². The third-order valence-corrected chi connectivity index (χ3v) is 7.77. The molecule has 0 aliphatic heterocycles. The molecule has 6 N–H and O–H groups in total. The van der Waals surface area contributed by atoms with Crippen molar-refractivity contribution in [2.45, 2.75) is 44.7 Å². The largest absolute Gasteiger partial charge is 0.492 e. The van der Waals surface area contributed by atoms with E-state index in [4.69, 9.17) is 16.2 Å². The van der Waals surface area contributed by atoms with E-state index < -0.39 is 17.9 Å². The maximum absolute atomic E-state index is 14.4. The van der Waals surface area contributed by atoms with Crippen LogP contribution in [-0.4, -0.2) is 39.7 Å². The van der Waals surface area contributed by atoms with Crippen LogP contribution in [0.3, 0.4) is 0 Å². The number of rotatable bonds is 9. The molecule has 5 rings (SSSR count). The topological polar surface area (TPSA) is 156 Å². The average molecular weight is 547 g/mol. The Labute approximate surface area is 229 Å². The molecule has 2 aromatic carbocycles. The monoisotopic (exact) mass is 546 g/mol. The number of carbonyl (C=O) groups is 3. The molecule has 1 saturated carbocycles. The van der Waals surface area contributed by atoms with Gasteiger partial charge in [-0.05, 0) is 49.5 Å². The molecule has 2 aromatic heterocycles. The third-order valence-electron chi connectivity index (χ3n) is 6.92. The van der Waals surface area contributed by atoms with Gasteiger partial charge in [0.2, 0.25) is 5.91 Å². The van der Waals surface area contributed by atoms with Crippen LogP contribution in [0.5, 0.6) is 5.75 Å². The standard InChI is InChI=1S/C28H30N6O4S/c1-2-38-21-14-8-7-13-20(21)34(28(37)25-22(29)23(26(30)35)33-39-25)24(27(36)32-16-9-3-4-10-16)18-15-31-19-12-6-5-11-17(18)19/h5-8,11-16,24,31H,2-4,9-10,29H2,1H3,(H2,30,35)(H,32,36)/t24-/m0/s1. The van der Waals surface area contributed by atoms with Gasteiger partial charge in [0.1, 0.15) is 16.7 Å². The lowest BCUT2D eigenvalue weighted by molar-refractivity contribution is -0.123. The predicted octanol–water partition coefficient (Wildman–Crippen LogP) is 4.15. The lowest BCUT2D eigenvalue weighted by Gasteiger charge is -2.32. The molecular formula is C28H30N6O4S. The SMILES string of the molecule is CCOc1ccccc1N(C(=O)c1snc(C(N)=O)c1N)[C@H](C(=O)NC1CCCC1)c1c[nH]c2ccccc12. The van der Waals surface area contributed by atoms with Crippen LogP contribution in [0.25, 0.3) is 10.9 Å². The quantitative estimate of drug-likeness (QED) is 0.247. The summed E-state index contributed by atoms with van der Waals surface area (Å²) in [7, 11) is 0. The zero-order chi connectivity index (χ0) is 27.5. The van der Waals surface area contributed by atoms with Crippen molar-refractivity contribution in [3.05, 3.63) is 70.9 Å². The molecule has 3 amide bonds. The molecule has 0 bridgehead atoms. The van der Waals surface area contributed by atoms with Crippen molar-refractivity contribution in [1.29, 1.82) is 0 Å². The second kappa shape index (κ2) is 11.2. The lowest BCUT2D eigenvalue weighted by Crippen LogP contribution is -2.46. The number of aromatic amines is 1. The van der Waals surface area contributed by atoms with Crippen LogP contribution >= 0.6 is 11.5 Å². The number of amides is 3. The molecule has 2 heterocycles. The maximum atomic E-state index is 14.4. The summed E-state index contributed by atoms with van der Waals surface area (Å²) in [6.07, 6.45) is 5.56. The number of para-hydroxylation sites is 3. The van der Waals surface area contributed by atoms with E-state index in [1.165, 1.54) is 4.90 Å². The second-order valence-electron chi connectivity index (χ2n) is 9.40. The highest BCUT2D eigenvalue weighted by atomic mass is 32.1. The van der Waals surface area contributed by atoms with Gasteiger partial charge in [0.25, 0.3) is 11.8 Å². The minimum atomic E-state index is -1.09. The van der Waals surface area contributed by atoms with E-state index in [-0.39, 0.29) is 28.2 Å². The molecule has 1 atom stereocenters. The first-order valence-corrected chi connectivity index (χ1v) is 13.6. The fraction of sp³-hybridized carbons (Fsp3) is 0.286. The number of hydrogen-bond acceptors (Lipinski definition) is 7. The van der Waals surface area contributed by atoms with E-state index in [1.54, 1.807) is 30.5 Å². The van der Waals surface area contributed by atoms with E-state index in [1.807, 2.05) is 31.2 Å². The number of benzene rings is 2. The fourth-order valence-electron chi connectivity index (χ4n) is 5.11. The van der Waals surface area contributed by atoms with Crippen LogP contribution in [0.2, 0.25) is 0 Å². The first-order chi connectivity index (χ1) is 18.9. The number of hydrogen-bond donors (Lipinski definition) is 4. The number of nitrogen functional groups attached to an aromatic ring is 1. The van der Waals surface area contributed by atoms with Crippen LogP contribution in [0, 0.1) is 0 Å². The molecule has 1 aliphatic rings. The minimum absolute atomic E-state index is 0.00797. The summed E-state index contributed by atoms with van der Waals surface area (Å²) in [5.41, 5.74) is 13.1. The molecule has 0 saturated heterocycles. The number of nitrogens with two attached hydrogens (primary N) is 2. The van der Waals surface area contributed by atoms with Gasteiger partial charge in [-0.15, -0.1) is 0 Å². The second-order valence-corrected chi connectivity index (χ2v) is 10.2. The highest BCUT2D eigenvalue weighted by Gasteiger charge is 2.39. The van der Waals surface area contributed by atoms with Gasteiger partial charge in [-0.1, -0.05) is 43.2 Å². The van der Waals surface area contributed by atoms with Crippen molar-refractivity contribution >= 4 is 51.5 Å². The smallest absolute Gasteiger partial charge is 0.273 e. The van der Waals surface area contributed by atoms with Crippen molar-refractivity contribution < 1.29 is 19.1 Å². The third kappa shape index (κ3) is 5.05. The zero-order valence-corrected chi connectivity index (χ0v) is 22.3. The van der Waals surface area contributed by atoms with E-state index in [2.05, 4.69) is 14.7 Å². The molecule has 0 spiro atoms. The van der Waals surface area contributed by atoms with Gasteiger partial charge in [0, 0.05) is 28.7 Å². The van der Waals surface area contributed by atoms with Crippen LogP contribution in [0.15, 0.2) is 54.7 Å².